The number of nitrogens with one attached hydrogen (secondary N) is 6. The molecule has 2 aromatic rings. The summed E-state index contributed by atoms with van der Waals surface area (Å²) in [6, 6.07) is 8.96. The number of carbonyl (C=O) groups excluding carboxylic acids is 11. The number of amides is 10. The van der Waals surface area contributed by atoms with E-state index in [0.29, 0.717) is 68.3 Å². The molecular formula is C76H119N11O20. The highest BCUT2D eigenvalue weighted by Gasteiger charge is 2.47. The lowest BCUT2D eigenvalue weighted by atomic mass is 9.89. The van der Waals surface area contributed by atoms with Crippen LogP contribution in [0.15, 0.2) is 66.7 Å². The average molecular weight is 1510 g/mol. The van der Waals surface area contributed by atoms with E-state index in [4.69, 9.17) is 29.4 Å². The van der Waals surface area contributed by atoms with Gasteiger partial charge in [0.05, 0.1) is 86.5 Å². The molecule has 3 heterocycles. The predicted octanol–water partition coefficient (Wildman–Crippen LogP) is 2.99. The Morgan fingerprint density at radius 1 is 0.729 bits per heavy atom. The smallest absolute Gasteiger partial charge is 0.410 e. The van der Waals surface area contributed by atoms with Crippen LogP contribution in [0.3, 0.4) is 0 Å². The number of unbranched alkanes of at least 4 members (excludes halogenated alkanes) is 2. The molecule has 2 fully saturated rings. The van der Waals surface area contributed by atoms with Crippen LogP contribution in [0.1, 0.15) is 151 Å². The number of ketones is 2. The van der Waals surface area contributed by atoms with E-state index in [0.717, 1.165) is 4.90 Å². The minimum atomic E-state index is -1.69. The zero-order chi connectivity index (χ0) is 79.5. The fourth-order valence-electron chi connectivity index (χ4n) is 14.1. The van der Waals surface area contributed by atoms with Gasteiger partial charge in [-0.25, -0.2) is 9.59 Å². The maximum absolute atomic E-state index is 14.9. The van der Waals surface area contributed by atoms with Gasteiger partial charge in [-0.2, -0.15) is 0 Å². The summed E-state index contributed by atoms with van der Waals surface area (Å²) in [6.07, 6.45) is -4.78. The molecule has 17 atom stereocenters. The topological polar surface area (TPSA) is 426 Å². The number of aliphatic hydroxyl groups excluding tert-OH is 4. The highest BCUT2D eigenvalue weighted by molar-refractivity contribution is 6.12. The van der Waals surface area contributed by atoms with Crippen molar-refractivity contribution in [3.63, 3.8) is 0 Å². The molecule has 15 unspecified atom stereocenters. The van der Waals surface area contributed by atoms with Gasteiger partial charge in [-0.05, 0) is 92.4 Å². The van der Waals surface area contributed by atoms with Crippen LogP contribution in [0.5, 0.6) is 0 Å². The van der Waals surface area contributed by atoms with Crippen LogP contribution in [-0.4, -0.2) is 258 Å². The number of aliphatic hydroxyl groups is 4. The maximum Gasteiger partial charge on any atom is 0.410 e. The van der Waals surface area contributed by atoms with Gasteiger partial charge in [0.15, 0.2) is 17.9 Å². The number of methoxy groups -OCH3 is 2. The highest BCUT2D eigenvalue weighted by atomic mass is 16.7. The van der Waals surface area contributed by atoms with E-state index in [9.17, 15) is 73.2 Å². The molecule has 31 heteroatoms. The summed E-state index contributed by atoms with van der Waals surface area (Å²) in [7, 11) is 6.08. The van der Waals surface area contributed by atoms with Crippen molar-refractivity contribution in [3.8, 4) is 0 Å². The lowest BCUT2D eigenvalue weighted by Crippen LogP contribution is -2.60. The van der Waals surface area contributed by atoms with Gasteiger partial charge in [0.1, 0.15) is 37.1 Å². The van der Waals surface area contributed by atoms with Gasteiger partial charge >= 0.3 is 12.1 Å². The third kappa shape index (κ3) is 25.9. The second-order valence-corrected chi connectivity index (χ2v) is 29.3. The number of ether oxygens (including phenoxy) is 5. The molecule has 0 spiro atoms. The van der Waals surface area contributed by atoms with Crippen LogP contribution in [0.25, 0.3) is 0 Å². The first kappa shape index (κ1) is 89.8. The molecule has 598 valence electrons. The van der Waals surface area contributed by atoms with Crippen molar-refractivity contribution < 1.29 is 96.9 Å². The second kappa shape index (κ2) is 44.0. The van der Waals surface area contributed by atoms with Crippen LogP contribution in [0.4, 0.5) is 15.3 Å². The highest BCUT2D eigenvalue weighted by Crippen LogP contribution is 2.33. The quantitative estimate of drug-likeness (QED) is 0.0335. The first-order chi connectivity index (χ1) is 50.7. The van der Waals surface area contributed by atoms with Gasteiger partial charge in [-0.3, -0.25) is 58.7 Å². The number of imide groups is 1. The molecule has 10 amide bonds. The third-order valence-corrected chi connectivity index (χ3v) is 20.3. The van der Waals surface area contributed by atoms with Gasteiger partial charge < -0.3 is 85.8 Å². The Morgan fingerprint density at radius 2 is 1.37 bits per heavy atom. The Balaban J connectivity index is 1.16. The first-order valence-electron chi connectivity index (χ1n) is 37.3. The van der Waals surface area contributed by atoms with E-state index in [1.165, 1.54) is 38.3 Å². The summed E-state index contributed by atoms with van der Waals surface area (Å²) < 4.78 is 29.8. The molecular weight excluding hydrogens is 1390 g/mol. The number of urea groups is 1. The van der Waals surface area contributed by atoms with Gasteiger partial charge in [-0.1, -0.05) is 118 Å². The van der Waals surface area contributed by atoms with Crippen LogP contribution in [0.2, 0.25) is 0 Å². The number of nitrogens with zero attached hydrogens (tertiary/aromatic N) is 4. The molecule has 12 N–H and O–H groups in total. The minimum Gasteiger partial charge on any atom is -0.445 e. The first-order valence-corrected chi connectivity index (χ1v) is 37.3. The summed E-state index contributed by atoms with van der Waals surface area (Å²) in [5, 5.41) is 59.0. The maximum atomic E-state index is 14.9. The number of rotatable bonds is 45. The van der Waals surface area contributed by atoms with E-state index in [1.54, 1.807) is 113 Å². The van der Waals surface area contributed by atoms with E-state index >= 15 is 0 Å². The molecule has 5 rings (SSSR count). The second-order valence-electron chi connectivity index (χ2n) is 29.3. The number of benzene rings is 2. The van der Waals surface area contributed by atoms with Gasteiger partial charge in [0.2, 0.25) is 29.5 Å². The van der Waals surface area contributed by atoms with Crippen molar-refractivity contribution in [1.82, 2.24) is 46.2 Å². The van der Waals surface area contributed by atoms with E-state index in [2.05, 4.69) is 31.9 Å². The molecule has 2 aromatic carbocycles. The Labute approximate surface area is 628 Å². The minimum absolute atomic E-state index is 0.121. The van der Waals surface area contributed by atoms with Crippen LogP contribution in [0, 0.1) is 29.6 Å². The van der Waals surface area contributed by atoms with Gasteiger partial charge in [-0.15, -0.1) is 0 Å². The third-order valence-electron chi connectivity index (χ3n) is 20.3. The number of likely N-dealkylation sites (N-methyl/N-ethyl adjacent to an activating group) is 2. The zero-order valence-electron chi connectivity index (χ0n) is 64.6. The van der Waals surface area contributed by atoms with E-state index in [1.807, 2.05) is 27.7 Å². The molecule has 0 aliphatic carbocycles. The molecule has 31 nitrogen and oxygen atoms in total. The zero-order valence-corrected chi connectivity index (χ0v) is 64.6. The molecule has 3 aliphatic rings. The van der Waals surface area contributed by atoms with Crippen molar-refractivity contribution in [1.29, 1.82) is 0 Å². The lowest BCUT2D eigenvalue weighted by molar-refractivity contribution is -0.314. The Bertz CT molecular complexity index is 3250. The van der Waals surface area contributed by atoms with Gasteiger partial charge in [0, 0.05) is 72.2 Å². The van der Waals surface area contributed by atoms with Crippen molar-refractivity contribution >= 4 is 70.7 Å². The summed E-state index contributed by atoms with van der Waals surface area (Å²) in [5.74, 6) is -5.40. The predicted molar refractivity (Wildman–Crippen MR) is 396 cm³/mol. The number of primary amides is 1. The van der Waals surface area contributed by atoms with Crippen molar-refractivity contribution in [2.24, 2.45) is 35.3 Å². The van der Waals surface area contributed by atoms with Crippen molar-refractivity contribution in [3.05, 3.63) is 77.9 Å². The number of Topliss-reactive ketones (excluding diaryl/α,β-unsaturated/α-hetero) is 2. The van der Waals surface area contributed by atoms with E-state index < -0.39 is 134 Å². The molecule has 2 saturated heterocycles. The molecule has 3 aliphatic heterocycles. The molecule has 0 radical (unpaired) electrons. The number of anilines is 1. The Hall–Kier alpha value is -7.85. The number of hydrogen-bond acceptors (Lipinski definition) is 22. The van der Waals surface area contributed by atoms with Crippen molar-refractivity contribution in [2.45, 2.75) is 231 Å². The van der Waals surface area contributed by atoms with Crippen LogP contribution >= 0.6 is 0 Å². The summed E-state index contributed by atoms with van der Waals surface area (Å²) in [6.45, 7) is 17.5. The summed E-state index contributed by atoms with van der Waals surface area (Å²) >= 11 is 0. The number of nitrogens with two attached hydrogens (primary N) is 1. The van der Waals surface area contributed by atoms with Crippen molar-refractivity contribution in [2.75, 3.05) is 73.0 Å². The normalized spacial score (nSPS) is 21.2. The summed E-state index contributed by atoms with van der Waals surface area (Å²) in [5.41, 5.74) is 6.77. The number of likely N-dealkylation sites (tertiary alicyclic amines) is 1. The largest absolute Gasteiger partial charge is 0.445 e. The fourth-order valence-corrected chi connectivity index (χ4v) is 14.1. The van der Waals surface area contributed by atoms with Crippen LogP contribution in [-0.2, 0) is 73.4 Å². The van der Waals surface area contributed by atoms with E-state index in [-0.39, 0.29) is 111 Å². The Kier molecular flexibility index (Phi) is 36.9. The number of hydrogen-bond donors (Lipinski definition) is 11. The molecule has 0 saturated carbocycles. The standard InChI is InChI=1S/C76H119N11O20/c1-15-46(8)65(56(103-13)38-61(94)86-37-23-27-53(86)69(104-14)47(9)71(98)81-48(10)70(50-24-18-16-19-25-50)107-74-68(97)67(96)66(95)57(41-88)106-74)84(11)73(100)63(44(4)5)80-40-55(90)64(45(6)7)85(12)76(102)105-42-49-29-31-51(32-30-49)82-72(99)52(26-22-35-78-75(77)101)79-39-54(89)62(43(2)3)83-58(91)28-20-17-21-36-87-59(92)33-34-60(87)93/h16,18-19,24-25,29-34,43-48,52-53,56-57,62-70,74,79-80,88,95-97H,15,17,20-23,26-28,35-42H2,1-14H3,(H,81,98)(H,82,99)(H,83,91)(H3,77,78,101)/t46?,47?,48?,52?,53?,56?,57-,62?,63?,64?,65?,66?,67?,68+,69?,70?,74?/m1/s1. The summed E-state index contributed by atoms with van der Waals surface area (Å²) in [4.78, 5) is 153. The average Bonchev–Trinajstić information content (AvgIpc) is 1.27. The van der Waals surface area contributed by atoms with Gasteiger partial charge in [0.25, 0.3) is 11.8 Å². The number of carbonyl (C=O) groups is 11. The fraction of sp³-hybridized carbons (Fsp3) is 0.671. The Morgan fingerprint density at radius 3 is 1.96 bits per heavy atom. The molecule has 0 aromatic heterocycles. The molecule has 0 bridgehead atoms. The molecule has 107 heavy (non-hydrogen) atoms. The monoisotopic (exact) mass is 1510 g/mol. The van der Waals surface area contributed by atoms with Crippen LogP contribution < -0.4 is 37.6 Å². The SMILES string of the molecule is CCC(C)C(C(CC(=O)N1CCCC1C(OC)C(C)C(=O)NC(C)C(OC1O[C@H](CO)C(O)C(O)[C@@H]1O)c1ccccc1)OC)N(C)C(=O)C(NCC(=O)C(C(C)C)N(C)C(=O)OCc1ccc(NC(=O)C(CCCNC(N)=O)NCC(=O)C(NC(=O)CCCCCN2C(=O)C=CC2=O)C(C)C)cc1)C(C)C. The lowest BCUT2D eigenvalue weighted by Gasteiger charge is -2.42.